The molecular weight excluding hydrogens is 364 g/mol. The van der Waals surface area contributed by atoms with Crippen LogP contribution in [0.1, 0.15) is 43.1 Å². The Kier molecular flexibility index (Phi) is 5.86. The Balaban J connectivity index is 2.23. The van der Waals surface area contributed by atoms with Crippen molar-refractivity contribution in [1.29, 1.82) is 0 Å². The number of para-hydroxylation sites is 1. The van der Waals surface area contributed by atoms with Gasteiger partial charge in [0.05, 0.1) is 24.6 Å². The van der Waals surface area contributed by atoms with Crippen molar-refractivity contribution in [3.05, 3.63) is 34.5 Å². The normalized spacial score (nSPS) is 12.7. The fourth-order valence-corrected chi connectivity index (χ4v) is 4.48. The Morgan fingerprint density at radius 3 is 2.59 bits per heavy atom. The lowest BCUT2D eigenvalue weighted by molar-refractivity contribution is 0.236. The monoisotopic (exact) mass is 390 g/mol. The van der Waals surface area contributed by atoms with Crippen LogP contribution in [0.2, 0.25) is 0 Å². The summed E-state index contributed by atoms with van der Waals surface area (Å²) in [6.07, 6.45) is 0. The summed E-state index contributed by atoms with van der Waals surface area (Å²) < 4.78 is 13.0. The van der Waals surface area contributed by atoms with Crippen molar-refractivity contribution < 1.29 is 14.6 Å². The molecule has 0 bridgehead atoms. The molecule has 0 fully saturated rings. The summed E-state index contributed by atoms with van der Waals surface area (Å²) >= 11 is 1.45. The molecule has 0 aliphatic rings. The molecule has 0 radical (unpaired) electrons. The summed E-state index contributed by atoms with van der Waals surface area (Å²) in [6.45, 7) is 10.1. The summed E-state index contributed by atoms with van der Waals surface area (Å²) in [7, 11) is 1.64. The third-order valence-corrected chi connectivity index (χ3v) is 5.62. The van der Waals surface area contributed by atoms with Crippen molar-refractivity contribution in [2.75, 3.05) is 26.8 Å². The molecule has 0 saturated heterocycles. The second-order valence-corrected chi connectivity index (χ2v) is 7.09. The summed E-state index contributed by atoms with van der Waals surface area (Å²) in [4.78, 5) is 8.16. The molecule has 3 aromatic rings. The number of aromatic hydroxyl groups is 1. The maximum absolute atomic E-state index is 10.9. The predicted molar refractivity (Wildman–Crippen MR) is 106 cm³/mol. The van der Waals surface area contributed by atoms with Gasteiger partial charge in [0.15, 0.2) is 11.5 Å². The van der Waals surface area contributed by atoms with Gasteiger partial charge in [-0.05, 0) is 33.0 Å². The van der Waals surface area contributed by atoms with Crippen molar-refractivity contribution in [3.63, 3.8) is 0 Å². The third kappa shape index (κ3) is 3.46. The van der Waals surface area contributed by atoms with E-state index in [2.05, 4.69) is 28.8 Å². The zero-order valence-electron chi connectivity index (χ0n) is 16.4. The van der Waals surface area contributed by atoms with Gasteiger partial charge >= 0.3 is 0 Å². The Labute approximate surface area is 163 Å². The smallest absolute Gasteiger partial charge is 0.230 e. The number of ether oxygens (including phenoxy) is 2. The molecule has 1 N–H and O–H groups in total. The number of nitrogens with zero attached hydrogens (tertiary/aromatic N) is 4. The lowest BCUT2D eigenvalue weighted by Crippen LogP contribution is -2.29. The van der Waals surface area contributed by atoms with Crippen LogP contribution in [0.3, 0.4) is 0 Å². The molecule has 2 aromatic heterocycles. The largest absolute Gasteiger partial charge is 0.493 e. The van der Waals surface area contributed by atoms with Crippen LogP contribution in [0.4, 0.5) is 0 Å². The standard InChI is InChI=1S/C19H26N4O3S/c1-6-22(7-2)15(13-10-9-11-14(25-5)16(13)26-8-3)17-18(24)23-19(27-17)20-12(4)21-23/h9-11,15,24H,6-8H2,1-5H3. The van der Waals surface area contributed by atoms with E-state index in [0.717, 1.165) is 23.5 Å². The first kappa shape index (κ1) is 19.4. The van der Waals surface area contributed by atoms with E-state index in [0.29, 0.717) is 28.9 Å². The molecule has 0 spiro atoms. The SMILES string of the molecule is CCOc1c(OC)cccc1C(c1sc2nc(C)nn2c1O)N(CC)CC. The van der Waals surface area contributed by atoms with Gasteiger partial charge in [-0.15, -0.1) is 5.10 Å². The minimum Gasteiger partial charge on any atom is -0.493 e. The second kappa shape index (κ2) is 8.14. The fourth-order valence-electron chi connectivity index (χ4n) is 3.33. The van der Waals surface area contributed by atoms with Crippen LogP contribution < -0.4 is 9.47 Å². The van der Waals surface area contributed by atoms with Gasteiger partial charge in [-0.25, -0.2) is 4.98 Å². The molecule has 8 heteroatoms. The van der Waals surface area contributed by atoms with Crippen molar-refractivity contribution in [2.24, 2.45) is 0 Å². The van der Waals surface area contributed by atoms with Gasteiger partial charge in [0.2, 0.25) is 10.8 Å². The molecule has 2 heterocycles. The average Bonchev–Trinajstić information content (AvgIpc) is 3.17. The van der Waals surface area contributed by atoms with E-state index in [9.17, 15) is 5.11 Å². The first-order valence-electron chi connectivity index (χ1n) is 9.14. The van der Waals surface area contributed by atoms with E-state index in [-0.39, 0.29) is 11.9 Å². The summed E-state index contributed by atoms with van der Waals surface area (Å²) in [5.41, 5.74) is 0.955. The van der Waals surface area contributed by atoms with Crippen LogP contribution in [0.15, 0.2) is 18.2 Å². The van der Waals surface area contributed by atoms with Gasteiger partial charge in [0, 0.05) is 5.56 Å². The lowest BCUT2D eigenvalue weighted by atomic mass is 10.0. The highest BCUT2D eigenvalue weighted by Crippen LogP contribution is 2.45. The molecule has 146 valence electrons. The van der Waals surface area contributed by atoms with Gasteiger partial charge in [0.25, 0.3) is 0 Å². The highest BCUT2D eigenvalue weighted by atomic mass is 32.1. The topological polar surface area (TPSA) is 72.1 Å². The lowest BCUT2D eigenvalue weighted by Gasteiger charge is -2.30. The molecule has 27 heavy (non-hydrogen) atoms. The van der Waals surface area contributed by atoms with E-state index >= 15 is 0 Å². The van der Waals surface area contributed by atoms with Crippen molar-refractivity contribution in [3.8, 4) is 17.4 Å². The van der Waals surface area contributed by atoms with Crippen molar-refractivity contribution in [1.82, 2.24) is 19.5 Å². The number of fused-ring (bicyclic) bond motifs is 1. The van der Waals surface area contributed by atoms with E-state index in [4.69, 9.17) is 9.47 Å². The van der Waals surface area contributed by atoms with Crippen molar-refractivity contribution in [2.45, 2.75) is 33.7 Å². The highest BCUT2D eigenvalue weighted by Gasteiger charge is 2.31. The molecule has 0 aliphatic heterocycles. The first-order valence-corrected chi connectivity index (χ1v) is 9.95. The van der Waals surface area contributed by atoms with Crippen LogP contribution in [0.25, 0.3) is 4.96 Å². The quantitative estimate of drug-likeness (QED) is 0.633. The second-order valence-electron chi connectivity index (χ2n) is 6.08. The van der Waals surface area contributed by atoms with Gasteiger partial charge in [-0.1, -0.05) is 37.3 Å². The average molecular weight is 391 g/mol. The molecule has 1 aromatic carbocycles. The molecule has 7 nitrogen and oxygen atoms in total. The van der Waals surface area contributed by atoms with Crippen molar-refractivity contribution >= 4 is 16.3 Å². The Bertz CT molecular complexity index is 917. The molecule has 0 amide bonds. The zero-order valence-corrected chi connectivity index (χ0v) is 17.2. The number of thiazole rings is 1. The van der Waals surface area contributed by atoms with E-state index in [1.54, 1.807) is 7.11 Å². The number of aromatic nitrogens is 3. The maximum Gasteiger partial charge on any atom is 0.230 e. The molecule has 1 atom stereocenters. The first-order chi connectivity index (χ1) is 13.0. The van der Waals surface area contributed by atoms with Gasteiger partial charge in [-0.3, -0.25) is 4.90 Å². The number of benzene rings is 1. The van der Waals surface area contributed by atoms with E-state index < -0.39 is 0 Å². The van der Waals surface area contributed by atoms with E-state index in [1.807, 2.05) is 32.0 Å². The minimum atomic E-state index is -0.189. The summed E-state index contributed by atoms with van der Waals surface area (Å²) in [5, 5.41) is 15.2. The van der Waals surface area contributed by atoms with Gasteiger partial charge < -0.3 is 14.6 Å². The Morgan fingerprint density at radius 1 is 1.26 bits per heavy atom. The molecule has 3 rings (SSSR count). The number of hydrogen-bond acceptors (Lipinski definition) is 7. The number of methoxy groups -OCH3 is 1. The third-order valence-electron chi connectivity index (χ3n) is 4.54. The molecule has 1 unspecified atom stereocenters. The predicted octanol–water partition coefficient (Wildman–Crippen LogP) is 3.64. The molecule has 0 aliphatic carbocycles. The van der Waals surface area contributed by atoms with Crippen LogP contribution in [-0.2, 0) is 0 Å². The minimum absolute atomic E-state index is 0.123. The van der Waals surface area contributed by atoms with Gasteiger partial charge in [-0.2, -0.15) is 4.52 Å². The molecule has 0 saturated carbocycles. The Morgan fingerprint density at radius 2 is 2.00 bits per heavy atom. The van der Waals surface area contributed by atoms with Crippen LogP contribution in [0, 0.1) is 6.92 Å². The van der Waals surface area contributed by atoms with E-state index in [1.165, 1.54) is 15.9 Å². The summed E-state index contributed by atoms with van der Waals surface area (Å²) in [5.74, 6) is 2.15. The number of aryl methyl sites for hydroxylation is 1. The number of rotatable bonds is 8. The fraction of sp³-hybridized carbons (Fsp3) is 0.474. The van der Waals surface area contributed by atoms with Gasteiger partial charge in [0.1, 0.15) is 5.82 Å². The summed E-state index contributed by atoms with van der Waals surface area (Å²) in [6, 6.07) is 5.67. The molecular formula is C19H26N4O3S. The number of hydrogen-bond donors (Lipinski definition) is 1. The maximum atomic E-state index is 10.9. The van der Waals surface area contributed by atoms with Crippen LogP contribution >= 0.6 is 11.3 Å². The zero-order chi connectivity index (χ0) is 19.6. The Hall–Kier alpha value is -2.32. The van der Waals surface area contributed by atoms with Crippen LogP contribution in [0.5, 0.6) is 17.4 Å². The van der Waals surface area contributed by atoms with Crippen LogP contribution in [-0.4, -0.2) is 51.4 Å². The highest BCUT2D eigenvalue weighted by molar-refractivity contribution is 7.17.